The van der Waals surface area contributed by atoms with Crippen LogP contribution in [0.3, 0.4) is 0 Å². The van der Waals surface area contributed by atoms with Crippen LogP contribution >= 0.6 is 11.3 Å². The molecule has 0 aliphatic heterocycles. The highest BCUT2D eigenvalue weighted by molar-refractivity contribution is 7.16. The van der Waals surface area contributed by atoms with E-state index in [1.165, 1.54) is 22.5 Å². The lowest BCUT2D eigenvalue weighted by molar-refractivity contribution is -0.118. The highest BCUT2D eigenvalue weighted by Crippen LogP contribution is 2.23. The monoisotopic (exact) mass is 286 g/mol. The number of carbonyl (C=O) groups excluding carboxylic acids is 1. The van der Waals surface area contributed by atoms with E-state index < -0.39 is 0 Å². The molecule has 0 saturated heterocycles. The zero-order valence-electron chi connectivity index (χ0n) is 12.1. The standard InChI is InChI=1S/C16H18N2OS/c1-5-7-14(19)17-16-18(8-6-2)13-10-11(3)9-12(4)15(13)20-16/h2,9-10H,5,7-8H2,1,3-4H3. The maximum absolute atomic E-state index is 11.8. The first-order valence-electron chi connectivity index (χ1n) is 6.68. The number of carbonyl (C=O) groups is 1. The molecule has 1 aromatic carbocycles. The third-order valence-electron chi connectivity index (χ3n) is 3.05. The first-order valence-corrected chi connectivity index (χ1v) is 7.50. The summed E-state index contributed by atoms with van der Waals surface area (Å²) in [4.78, 5) is 16.7. The predicted molar refractivity (Wildman–Crippen MR) is 83.6 cm³/mol. The number of fused-ring (bicyclic) bond motifs is 1. The summed E-state index contributed by atoms with van der Waals surface area (Å²) < 4.78 is 3.10. The van der Waals surface area contributed by atoms with E-state index >= 15 is 0 Å². The maximum Gasteiger partial charge on any atom is 0.248 e. The zero-order valence-corrected chi connectivity index (χ0v) is 12.9. The number of aromatic nitrogens is 1. The van der Waals surface area contributed by atoms with Crippen molar-refractivity contribution in [3.8, 4) is 12.3 Å². The minimum absolute atomic E-state index is 0.0841. The molecule has 1 amide bonds. The van der Waals surface area contributed by atoms with E-state index in [-0.39, 0.29) is 5.91 Å². The van der Waals surface area contributed by atoms with Crippen LogP contribution in [0, 0.1) is 26.2 Å². The average Bonchev–Trinajstić information content (AvgIpc) is 2.69. The molecule has 0 spiro atoms. The Balaban J connectivity index is 2.72. The lowest BCUT2D eigenvalue weighted by Crippen LogP contribution is -2.16. The molecule has 1 aromatic heterocycles. The van der Waals surface area contributed by atoms with E-state index in [1.54, 1.807) is 0 Å². The fraction of sp³-hybridized carbons (Fsp3) is 0.375. The van der Waals surface area contributed by atoms with Crippen molar-refractivity contribution in [2.24, 2.45) is 4.99 Å². The van der Waals surface area contributed by atoms with E-state index in [0.717, 1.165) is 16.6 Å². The van der Waals surface area contributed by atoms with Crippen LogP contribution in [0.1, 0.15) is 30.9 Å². The molecule has 104 valence electrons. The van der Waals surface area contributed by atoms with Crippen molar-refractivity contribution in [1.29, 1.82) is 0 Å². The molecule has 0 N–H and O–H groups in total. The number of rotatable bonds is 3. The van der Waals surface area contributed by atoms with Crippen LogP contribution in [0.15, 0.2) is 17.1 Å². The summed E-state index contributed by atoms with van der Waals surface area (Å²) in [6, 6.07) is 4.23. The van der Waals surface area contributed by atoms with Crippen LogP contribution in [0.5, 0.6) is 0 Å². The third kappa shape index (κ3) is 2.83. The van der Waals surface area contributed by atoms with Gasteiger partial charge in [-0.15, -0.1) is 6.42 Å². The van der Waals surface area contributed by atoms with Gasteiger partial charge >= 0.3 is 0 Å². The molecular weight excluding hydrogens is 268 g/mol. The molecule has 0 unspecified atom stereocenters. The second-order valence-electron chi connectivity index (χ2n) is 4.86. The Morgan fingerprint density at radius 2 is 2.20 bits per heavy atom. The lowest BCUT2D eigenvalue weighted by Gasteiger charge is -2.02. The smallest absolute Gasteiger partial charge is 0.248 e. The van der Waals surface area contributed by atoms with E-state index in [1.807, 2.05) is 11.5 Å². The summed E-state index contributed by atoms with van der Waals surface area (Å²) in [6.07, 6.45) is 6.73. The molecule has 2 aromatic rings. The van der Waals surface area contributed by atoms with E-state index in [4.69, 9.17) is 6.42 Å². The van der Waals surface area contributed by atoms with Gasteiger partial charge in [-0.3, -0.25) is 4.79 Å². The first kappa shape index (κ1) is 14.5. The average molecular weight is 286 g/mol. The van der Waals surface area contributed by atoms with Crippen LogP contribution in [0.2, 0.25) is 0 Å². The lowest BCUT2D eigenvalue weighted by atomic mass is 10.1. The minimum atomic E-state index is -0.0841. The normalized spacial score (nSPS) is 11.8. The molecule has 0 fully saturated rings. The van der Waals surface area contributed by atoms with Crippen molar-refractivity contribution in [3.63, 3.8) is 0 Å². The van der Waals surface area contributed by atoms with Gasteiger partial charge in [0.25, 0.3) is 0 Å². The number of terminal acetylenes is 1. The Morgan fingerprint density at radius 1 is 1.45 bits per heavy atom. The van der Waals surface area contributed by atoms with Crippen molar-refractivity contribution >= 4 is 27.5 Å². The first-order chi connectivity index (χ1) is 9.56. The van der Waals surface area contributed by atoms with Crippen LogP contribution in [-0.2, 0) is 11.3 Å². The quantitative estimate of drug-likeness (QED) is 0.798. The summed E-state index contributed by atoms with van der Waals surface area (Å²) in [5.74, 6) is 2.56. The Kier molecular flexibility index (Phi) is 4.41. The largest absolute Gasteiger partial charge is 0.305 e. The van der Waals surface area contributed by atoms with Crippen molar-refractivity contribution in [3.05, 3.63) is 28.1 Å². The fourth-order valence-corrected chi connectivity index (χ4v) is 3.32. The molecular formula is C16H18N2OS. The molecule has 20 heavy (non-hydrogen) atoms. The molecule has 0 radical (unpaired) electrons. The number of benzene rings is 1. The Bertz CT molecular complexity index is 759. The Labute approximate surface area is 123 Å². The fourth-order valence-electron chi connectivity index (χ4n) is 2.22. The van der Waals surface area contributed by atoms with Gasteiger partial charge in [-0.05, 0) is 37.5 Å². The van der Waals surface area contributed by atoms with Gasteiger partial charge < -0.3 is 4.57 Å². The number of hydrogen-bond donors (Lipinski definition) is 0. The SMILES string of the molecule is C#CCn1c(=NC(=O)CCC)sc2c(C)cc(C)cc21. The van der Waals surface area contributed by atoms with Crippen molar-refractivity contribution < 1.29 is 4.79 Å². The number of amides is 1. The van der Waals surface area contributed by atoms with Gasteiger partial charge in [-0.2, -0.15) is 4.99 Å². The Hall–Kier alpha value is -1.86. The summed E-state index contributed by atoms with van der Waals surface area (Å²) in [7, 11) is 0. The summed E-state index contributed by atoms with van der Waals surface area (Å²) in [5, 5.41) is 0. The van der Waals surface area contributed by atoms with E-state index in [0.29, 0.717) is 17.8 Å². The van der Waals surface area contributed by atoms with Crippen molar-refractivity contribution in [2.75, 3.05) is 0 Å². The van der Waals surface area contributed by atoms with Crippen molar-refractivity contribution in [2.45, 2.75) is 40.2 Å². The van der Waals surface area contributed by atoms with Gasteiger partial charge in [-0.1, -0.05) is 30.2 Å². The maximum atomic E-state index is 11.8. The number of hydrogen-bond acceptors (Lipinski definition) is 2. The second-order valence-corrected chi connectivity index (χ2v) is 5.84. The zero-order chi connectivity index (χ0) is 14.7. The van der Waals surface area contributed by atoms with Gasteiger partial charge in [0.05, 0.1) is 16.8 Å². The summed E-state index contributed by atoms with van der Waals surface area (Å²) >= 11 is 1.53. The van der Waals surface area contributed by atoms with Gasteiger partial charge in [-0.25, -0.2) is 0 Å². The highest BCUT2D eigenvalue weighted by Gasteiger charge is 2.09. The molecule has 4 heteroatoms. The number of aryl methyl sites for hydroxylation is 2. The molecule has 0 atom stereocenters. The van der Waals surface area contributed by atoms with Gasteiger partial charge in [0.2, 0.25) is 5.91 Å². The topological polar surface area (TPSA) is 34.4 Å². The predicted octanol–water partition coefficient (Wildman–Crippen LogP) is 3.18. The van der Waals surface area contributed by atoms with Crippen LogP contribution in [-0.4, -0.2) is 10.5 Å². The molecule has 1 heterocycles. The minimum Gasteiger partial charge on any atom is -0.305 e. The molecule has 0 aliphatic rings. The number of thiazole rings is 1. The highest BCUT2D eigenvalue weighted by atomic mass is 32.1. The molecule has 0 bridgehead atoms. The van der Waals surface area contributed by atoms with Gasteiger partial charge in [0.1, 0.15) is 0 Å². The molecule has 0 aliphatic carbocycles. The number of nitrogens with zero attached hydrogens (tertiary/aromatic N) is 2. The van der Waals surface area contributed by atoms with Crippen molar-refractivity contribution in [1.82, 2.24) is 4.57 Å². The third-order valence-corrected chi connectivity index (χ3v) is 4.28. The Morgan fingerprint density at radius 3 is 2.85 bits per heavy atom. The van der Waals surface area contributed by atoms with Gasteiger partial charge in [0, 0.05) is 6.42 Å². The molecule has 2 rings (SSSR count). The van der Waals surface area contributed by atoms with Crippen LogP contribution < -0.4 is 4.80 Å². The molecule has 0 saturated carbocycles. The van der Waals surface area contributed by atoms with Gasteiger partial charge in [0.15, 0.2) is 4.80 Å². The summed E-state index contributed by atoms with van der Waals surface area (Å²) in [5.41, 5.74) is 3.44. The van der Waals surface area contributed by atoms with E-state index in [9.17, 15) is 4.79 Å². The van der Waals surface area contributed by atoms with E-state index in [2.05, 4.69) is 36.9 Å². The summed E-state index contributed by atoms with van der Waals surface area (Å²) in [6.45, 7) is 6.54. The van der Waals surface area contributed by atoms with Crippen LogP contribution in [0.25, 0.3) is 10.2 Å². The second kappa shape index (κ2) is 6.06. The van der Waals surface area contributed by atoms with Crippen LogP contribution in [0.4, 0.5) is 0 Å². The molecule has 3 nitrogen and oxygen atoms in total.